The lowest BCUT2D eigenvalue weighted by Crippen LogP contribution is -2.41. The van der Waals surface area contributed by atoms with Crippen LogP contribution in [0.4, 0.5) is 0 Å². The van der Waals surface area contributed by atoms with Crippen LogP contribution in [0.15, 0.2) is 0 Å². The lowest BCUT2D eigenvalue weighted by atomic mass is 10.2. The summed E-state index contributed by atoms with van der Waals surface area (Å²) >= 11 is 1.68. The Morgan fingerprint density at radius 1 is 1.50 bits per heavy atom. The van der Waals surface area contributed by atoms with Crippen LogP contribution in [0.3, 0.4) is 0 Å². The molecule has 0 fully saturated rings. The number of hydrogen-bond donors (Lipinski definition) is 2. The Morgan fingerprint density at radius 3 is 2.62 bits per heavy atom. The van der Waals surface area contributed by atoms with Crippen molar-refractivity contribution in [2.45, 2.75) is 31.1 Å². The summed E-state index contributed by atoms with van der Waals surface area (Å²) in [5.41, 5.74) is 5.69. The Labute approximate surface area is 105 Å². The molecule has 0 aliphatic carbocycles. The van der Waals surface area contributed by atoms with Crippen molar-refractivity contribution in [3.05, 3.63) is 0 Å². The molecule has 0 aromatic carbocycles. The van der Waals surface area contributed by atoms with Gasteiger partial charge in [-0.25, -0.2) is 0 Å². The highest BCUT2D eigenvalue weighted by Gasteiger charge is 2.13. The van der Waals surface area contributed by atoms with Crippen molar-refractivity contribution in [3.8, 4) is 0 Å². The number of rotatable bonds is 8. The quantitative estimate of drug-likeness (QED) is 0.664. The smallest absolute Gasteiger partial charge is 0.236 e. The molecule has 3 atom stereocenters. The number of carbonyl (C=O) groups is 1. The highest BCUT2D eigenvalue weighted by Crippen LogP contribution is 2.00. The van der Waals surface area contributed by atoms with Gasteiger partial charge in [-0.15, -0.1) is 0 Å². The molecule has 0 radical (unpaired) electrons. The highest BCUT2D eigenvalue weighted by atomic mass is 32.2. The zero-order valence-electron chi connectivity index (χ0n) is 10.2. The summed E-state index contributed by atoms with van der Waals surface area (Å²) in [6, 6.07) is -0.421. The van der Waals surface area contributed by atoms with Gasteiger partial charge in [-0.05, 0) is 24.9 Å². The Hall–Kier alpha value is -0.0700. The Kier molecular flexibility index (Phi) is 8.97. The van der Waals surface area contributed by atoms with Gasteiger partial charge in [0.05, 0.1) is 6.04 Å². The van der Waals surface area contributed by atoms with Crippen LogP contribution in [0, 0.1) is 0 Å². The van der Waals surface area contributed by atoms with Gasteiger partial charge in [-0.2, -0.15) is 11.8 Å². The zero-order chi connectivity index (χ0) is 12.6. The van der Waals surface area contributed by atoms with Crippen LogP contribution in [0.25, 0.3) is 0 Å². The first-order chi connectivity index (χ1) is 7.49. The SMILES string of the molecule is CSCC[C@@H](N)C(=O)NCCC(C)S(C)=O. The standard InChI is InChI=1S/C10H22N2O2S2/c1-8(16(3)14)4-6-12-10(13)9(11)5-7-15-2/h8-9H,4-7,11H2,1-3H3,(H,12,13)/t8?,9-,16?/m1/s1. The van der Waals surface area contributed by atoms with Crippen molar-refractivity contribution in [2.75, 3.05) is 24.8 Å². The van der Waals surface area contributed by atoms with Crippen molar-refractivity contribution in [3.63, 3.8) is 0 Å². The number of amides is 1. The molecule has 0 bridgehead atoms. The lowest BCUT2D eigenvalue weighted by Gasteiger charge is -2.13. The van der Waals surface area contributed by atoms with E-state index in [1.807, 2.05) is 13.2 Å². The molecule has 0 saturated heterocycles. The summed E-state index contributed by atoms with van der Waals surface area (Å²) in [6.45, 7) is 2.46. The van der Waals surface area contributed by atoms with Gasteiger partial charge in [0.25, 0.3) is 0 Å². The highest BCUT2D eigenvalue weighted by molar-refractivity contribution is 7.98. The van der Waals surface area contributed by atoms with E-state index in [-0.39, 0.29) is 11.2 Å². The van der Waals surface area contributed by atoms with Gasteiger partial charge in [0.2, 0.25) is 5.91 Å². The predicted molar refractivity (Wildman–Crippen MR) is 72.1 cm³/mol. The minimum absolute atomic E-state index is 0.108. The molecular weight excluding hydrogens is 244 g/mol. The van der Waals surface area contributed by atoms with Gasteiger partial charge in [-0.3, -0.25) is 9.00 Å². The van der Waals surface area contributed by atoms with E-state index >= 15 is 0 Å². The van der Waals surface area contributed by atoms with Crippen LogP contribution in [0.5, 0.6) is 0 Å². The van der Waals surface area contributed by atoms with Crippen molar-refractivity contribution in [1.82, 2.24) is 5.32 Å². The number of thioether (sulfide) groups is 1. The van der Waals surface area contributed by atoms with Gasteiger partial charge in [0, 0.05) is 28.9 Å². The minimum Gasteiger partial charge on any atom is -0.355 e. The molecule has 0 saturated carbocycles. The Morgan fingerprint density at radius 2 is 2.12 bits per heavy atom. The van der Waals surface area contributed by atoms with Crippen LogP contribution >= 0.6 is 11.8 Å². The summed E-state index contributed by atoms with van der Waals surface area (Å²) in [6.07, 6.45) is 5.09. The third-order valence-corrected chi connectivity index (χ3v) is 4.40. The maximum Gasteiger partial charge on any atom is 0.236 e. The van der Waals surface area contributed by atoms with Crippen molar-refractivity contribution in [1.29, 1.82) is 0 Å². The second-order valence-electron chi connectivity index (χ2n) is 3.78. The molecule has 2 unspecified atom stereocenters. The zero-order valence-corrected chi connectivity index (χ0v) is 11.8. The summed E-state index contributed by atoms with van der Waals surface area (Å²) in [5, 5.41) is 2.88. The summed E-state index contributed by atoms with van der Waals surface area (Å²) in [7, 11) is -0.826. The minimum atomic E-state index is -0.826. The molecular formula is C10H22N2O2S2. The maximum atomic E-state index is 11.5. The van der Waals surface area contributed by atoms with E-state index in [2.05, 4.69) is 5.32 Å². The first-order valence-corrected chi connectivity index (χ1v) is 8.35. The molecule has 3 N–H and O–H groups in total. The van der Waals surface area contributed by atoms with Gasteiger partial charge < -0.3 is 11.1 Å². The molecule has 0 spiro atoms. The van der Waals surface area contributed by atoms with E-state index in [0.29, 0.717) is 13.0 Å². The fraction of sp³-hybridized carbons (Fsp3) is 0.900. The lowest BCUT2D eigenvalue weighted by molar-refractivity contribution is -0.122. The predicted octanol–water partition coefficient (Wildman–Crippen LogP) is 0.340. The largest absolute Gasteiger partial charge is 0.355 e. The van der Waals surface area contributed by atoms with E-state index in [1.165, 1.54) is 0 Å². The van der Waals surface area contributed by atoms with Crippen LogP contribution in [-0.4, -0.2) is 46.2 Å². The summed E-state index contributed by atoms with van der Waals surface area (Å²) in [5.74, 6) is 0.785. The molecule has 96 valence electrons. The number of nitrogens with one attached hydrogen (secondary N) is 1. The third-order valence-electron chi connectivity index (χ3n) is 2.39. The van der Waals surface area contributed by atoms with Gasteiger partial charge in [0.1, 0.15) is 0 Å². The molecule has 0 rings (SSSR count). The monoisotopic (exact) mass is 266 g/mol. The molecule has 0 aromatic rings. The topological polar surface area (TPSA) is 72.2 Å². The molecule has 0 aliphatic rings. The Balaban J connectivity index is 3.68. The molecule has 0 heterocycles. The average Bonchev–Trinajstić information content (AvgIpc) is 2.25. The van der Waals surface area contributed by atoms with Crippen LogP contribution in [0.1, 0.15) is 19.8 Å². The van der Waals surface area contributed by atoms with Crippen LogP contribution < -0.4 is 11.1 Å². The van der Waals surface area contributed by atoms with Gasteiger partial charge in [0.15, 0.2) is 0 Å². The number of hydrogen-bond acceptors (Lipinski definition) is 4. The first-order valence-electron chi connectivity index (χ1n) is 5.33. The van der Waals surface area contributed by atoms with E-state index in [4.69, 9.17) is 5.73 Å². The van der Waals surface area contributed by atoms with E-state index < -0.39 is 16.8 Å². The molecule has 16 heavy (non-hydrogen) atoms. The molecule has 6 heteroatoms. The van der Waals surface area contributed by atoms with Crippen molar-refractivity contribution in [2.24, 2.45) is 5.73 Å². The summed E-state index contributed by atoms with van der Waals surface area (Å²) in [4.78, 5) is 11.5. The fourth-order valence-electron chi connectivity index (χ4n) is 1.07. The van der Waals surface area contributed by atoms with Gasteiger partial charge >= 0.3 is 0 Å². The van der Waals surface area contributed by atoms with E-state index in [9.17, 15) is 9.00 Å². The van der Waals surface area contributed by atoms with Crippen LogP contribution in [0.2, 0.25) is 0 Å². The van der Waals surface area contributed by atoms with Gasteiger partial charge in [-0.1, -0.05) is 6.92 Å². The second-order valence-corrected chi connectivity index (χ2v) is 6.56. The average molecular weight is 266 g/mol. The maximum absolute atomic E-state index is 11.5. The summed E-state index contributed by atoms with van der Waals surface area (Å²) < 4.78 is 11.1. The second kappa shape index (κ2) is 9.01. The first kappa shape index (κ1) is 15.9. The fourth-order valence-corrected chi connectivity index (χ4v) is 2.01. The normalized spacial score (nSPS) is 16.5. The van der Waals surface area contributed by atoms with E-state index in [0.717, 1.165) is 12.2 Å². The van der Waals surface area contributed by atoms with Crippen LogP contribution in [-0.2, 0) is 15.6 Å². The molecule has 0 aliphatic heterocycles. The van der Waals surface area contributed by atoms with Crippen molar-refractivity contribution >= 4 is 28.5 Å². The third kappa shape index (κ3) is 7.24. The Bertz CT molecular complexity index is 237. The van der Waals surface area contributed by atoms with Crippen molar-refractivity contribution < 1.29 is 9.00 Å². The number of nitrogens with two attached hydrogens (primary N) is 1. The molecule has 0 aromatic heterocycles. The molecule has 1 amide bonds. The number of carbonyl (C=O) groups excluding carboxylic acids is 1. The van der Waals surface area contributed by atoms with E-state index in [1.54, 1.807) is 18.0 Å². The molecule has 4 nitrogen and oxygen atoms in total.